The quantitative estimate of drug-likeness (QED) is 0.851. The topological polar surface area (TPSA) is 32.8 Å². The van der Waals surface area contributed by atoms with Gasteiger partial charge in [0.25, 0.3) is 5.91 Å². The summed E-state index contributed by atoms with van der Waals surface area (Å²) in [5.41, 5.74) is 1.43. The third-order valence-corrected chi connectivity index (χ3v) is 4.39. The van der Waals surface area contributed by atoms with Crippen LogP contribution in [0.5, 0.6) is 5.75 Å². The van der Waals surface area contributed by atoms with E-state index in [1.54, 1.807) is 35.2 Å². The number of carbonyl (C=O) groups excluding carboxylic acids is 1. The number of rotatable bonds is 3. The second kappa shape index (κ2) is 7.09. The minimum atomic E-state index is -0.249. The molecule has 1 saturated heterocycles. The molecule has 0 unspecified atom stereocenters. The lowest BCUT2D eigenvalue weighted by molar-refractivity contribution is 0.0743. The van der Waals surface area contributed by atoms with Crippen molar-refractivity contribution in [2.24, 2.45) is 0 Å². The number of ether oxygens (including phenoxy) is 1. The fraction of sp³-hybridized carbons (Fsp3) is 0.278. The maximum absolute atomic E-state index is 13.0. The average molecular weight is 349 g/mol. The Morgan fingerprint density at radius 1 is 1.08 bits per heavy atom. The number of piperazine rings is 1. The molecule has 1 heterocycles. The Hall–Kier alpha value is -2.27. The van der Waals surface area contributed by atoms with Gasteiger partial charge in [0.05, 0.1) is 12.7 Å². The largest absolute Gasteiger partial charge is 0.496 e. The van der Waals surface area contributed by atoms with E-state index in [-0.39, 0.29) is 11.7 Å². The van der Waals surface area contributed by atoms with Crippen molar-refractivity contribution in [1.82, 2.24) is 4.90 Å². The molecule has 3 rings (SSSR count). The summed E-state index contributed by atoms with van der Waals surface area (Å²) in [6, 6.07) is 11.4. The molecule has 0 atom stereocenters. The van der Waals surface area contributed by atoms with E-state index in [0.717, 1.165) is 5.69 Å². The highest BCUT2D eigenvalue weighted by atomic mass is 35.5. The van der Waals surface area contributed by atoms with Gasteiger partial charge in [-0.15, -0.1) is 0 Å². The molecule has 4 nitrogen and oxygen atoms in total. The molecule has 1 fully saturated rings. The van der Waals surface area contributed by atoms with Crippen LogP contribution in [0.15, 0.2) is 42.5 Å². The van der Waals surface area contributed by atoms with E-state index in [1.165, 1.54) is 19.2 Å². The van der Waals surface area contributed by atoms with Gasteiger partial charge in [0.15, 0.2) is 0 Å². The van der Waals surface area contributed by atoms with Crippen molar-refractivity contribution in [3.63, 3.8) is 0 Å². The predicted octanol–water partition coefficient (Wildman–Crippen LogP) is 3.45. The number of methoxy groups -OCH3 is 1. The molecular weight excluding hydrogens is 331 g/mol. The highest BCUT2D eigenvalue weighted by Gasteiger charge is 2.24. The maximum Gasteiger partial charge on any atom is 0.257 e. The lowest BCUT2D eigenvalue weighted by Gasteiger charge is -2.36. The van der Waals surface area contributed by atoms with Crippen LogP contribution in [0, 0.1) is 5.82 Å². The summed E-state index contributed by atoms with van der Waals surface area (Å²) < 4.78 is 18.3. The zero-order valence-electron chi connectivity index (χ0n) is 13.3. The molecule has 6 heteroatoms. The van der Waals surface area contributed by atoms with Crippen LogP contribution < -0.4 is 9.64 Å². The number of amides is 1. The molecule has 1 aliphatic heterocycles. The van der Waals surface area contributed by atoms with E-state index >= 15 is 0 Å². The molecule has 126 valence electrons. The van der Waals surface area contributed by atoms with Gasteiger partial charge in [-0.1, -0.05) is 11.6 Å². The molecular formula is C18H18ClFN2O2. The molecule has 0 aromatic heterocycles. The van der Waals surface area contributed by atoms with Crippen LogP contribution in [0.1, 0.15) is 10.4 Å². The normalized spacial score (nSPS) is 14.6. The van der Waals surface area contributed by atoms with Crippen LogP contribution in [0.3, 0.4) is 0 Å². The highest BCUT2D eigenvalue weighted by Crippen LogP contribution is 2.25. The number of hydrogen-bond acceptors (Lipinski definition) is 3. The van der Waals surface area contributed by atoms with Gasteiger partial charge in [0.2, 0.25) is 0 Å². The first-order valence-corrected chi connectivity index (χ1v) is 8.09. The number of carbonyl (C=O) groups is 1. The van der Waals surface area contributed by atoms with E-state index in [9.17, 15) is 9.18 Å². The smallest absolute Gasteiger partial charge is 0.257 e. The Morgan fingerprint density at radius 3 is 2.38 bits per heavy atom. The first kappa shape index (κ1) is 16.6. The molecule has 0 saturated carbocycles. The molecule has 2 aromatic rings. The Morgan fingerprint density at radius 2 is 1.75 bits per heavy atom. The molecule has 2 aromatic carbocycles. The van der Waals surface area contributed by atoms with Crippen molar-refractivity contribution in [1.29, 1.82) is 0 Å². The van der Waals surface area contributed by atoms with Crippen molar-refractivity contribution in [2.75, 3.05) is 38.2 Å². The number of benzene rings is 2. The van der Waals surface area contributed by atoms with Gasteiger partial charge in [-0.3, -0.25) is 4.79 Å². The lowest BCUT2D eigenvalue weighted by Crippen LogP contribution is -2.48. The van der Waals surface area contributed by atoms with Crippen molar-refractivity contribution < 1.29 is 13.9 Å². The SMILES string of the molecule is COc1ccc(Cl)cc1C(=O)N1CCN(c2ccc(F)cc2)CC1. The molecule has 0 aliphatic carbocycles. The Balaban J connectivity index is 1.69. The third kappa shape index (κ3) is 3.46. The molecule has 1 aliphatic rings. The van der Waals surface area contributed by atoms with Crippen molar-refractivity contribution >= 4 is 23.2 Å². The first-order valence-electron chi connectivity index (χ1n) is 7.72. The van der Waals surface area contributed by atoms with E-state index in [4.69, 9.17) is 16.3 Å². The van der Waals surface area contributed by atoms with Crippen LogP contribution in [0.25, 0.3) is 0 Å². The summed E-state index contributed by atoms with van der Waals surface area (Å²) in [5.74, 6) is 0.180. The molecule has 24 heavy (non-hydrogen) atoms. The van der Waals surface area contributed by atoms with Crippen molar-refractivity contribution in [3.8, 4) is 5.75 Å². The average Bonchev–Trinajstić information content (AvgIpc) is 2.62. The van der Waals surface area contributed by atoms with Gasteiger partial charge < -0.3 is 14.5 Å². The third-order valence-electron chi connectivity index (χ3n) is 4.15. The van der Waals surface area contributed by atoms with Crippen LogP contribution in [0.4, 0.5) is 10.1 Å². The highest BCUT2D eigenvalue weighted by molar-refractivity contribution is 6.31. The van der Waals surface area contributed by atoms with Crippen LogP contribution in [0.2, 0.25) is 5.02 Å². The minimum Gasteiger partial charge on any atom is -0.496 e. The second-order valence-corrected chi connectivity index (χ2v) is 6.04. The maximum atomic E-state index is 13.0. The Kier molecular flexibility index (Phi) is 4.90. The molecule has 1 amide bonds. The first-order chi connectivity index (χ1) is 11.6. The van der Waals surface area contributed by atoms with E-state index < -0.39 is 0 Å². The Bertz CT molecular complexity index is 728. The lowest BCUT2D eigenvalue weighted by atomic mass is 10.1. The van der Waals surface area contributed by atoms with Crippen molar-refractivity contribution in [2.45, 2.75) is 0 Å². The summed E-state index contributed by atoms with van der Waals surface area (Å²) in [5, 5.41) is 0.504. The van der Waals surface area contributed by atoms with Gasteiger partial charge in [0, 0.05) is 36.9 Å². The molecule has 0 N–H and O–H groups in total. The summed E-state index contributed by atoms with van der Waals surface area (Å²) in [6.07, 6.45) is 0. The summed E-state index contributed by atoms with van der Waals surface area (Å²) in [6.45, 7) is 2.57. The van der Waals surface area contributed by atoms with Crippen LogP contribution in [-0.4, -0.2) is 44.1 Å². The van der Waals surface area contributed by atoms with Gasteiger partial charge in [-0.05, 0) is 42.5 Å². The zero-order valence-corrected chi connectivity index (χ0v) is 14.1. The fourth-order valence-corrected chi connectivity index (χ4v) is 3.01. The van der Waals surface area contributed by atoms with Gasteiger partial charge in [-0.25, -0.2) is 4.39 Å². The standard InChI is InChI=1S/C18H18ClFN2O2/c1-24-17-7-2-13(19)12-16(17)18(23)22-10-8-21(9-11-22)15-5-3-14(20)4-6-15/h2-7,12H,8-11H2,1H3. The summed E-state index contributed by atoms with van der Waals surface area (Å²) in [4.78, 5) is 16.7. The van der Waals surface area contributed by atoms with Gasteiger partial charge in [0.1, 0.15) is 11.6 Å². The fourth-order valence-electron chi connectivity index (χ4n) is 2.84. The summed E-state index contributed by atoms with van der Waals surface area (Å²) >= 11 is 6.01. The van der Waals surface area contributed by atoms with E-state index in [0.29, 0.717) is 42.5 Å². The van der Waals surface area contributed by atoms with Crippen LogP contribution in [-0.2, 0) is 0 Å². The number of hydrogen-bond donors (Lipinski definition) is 0. The predicted molar refractivity (Wildman–Crippen MR) is 92.5 cm³/mol. The van der Waals surface area contributed by atoms with Crippen LogP contribution >= 0.6 is 11.6 Å². The second-order valence-electron chi connectivity index (χ2n) is 5.60. The Labute approximate surface area is 145 Å². The molecule has 0 spiro atoms. The number of halogens is 2. The molecule has 0 radical (unpaired) electrons. The minimum absolute atomic E-state index is 0.0897. The van der Waals surface area contributed by atoms with E-state index in [1.807, 2.05) is 0 Å². The molecule has 0 bridgehead atoms. The monoisotopic (exact) mass is 348 g/mol. The van der Waals surface area contributed by atoms with Gasteiger partial charge in [-0.2, -0.15) is 0 Å². The van der Waals surface area contributed by atoms with E-state index in [2.05, 4.69) is 4.90 Å². The number of anilines is 1. The van der Waals surface area contributed by atoms with Crippen molar-refractivity contribution in [3.05, 3.63) is 58.9 Å². The zero-order chi connectivity index (χ0) is 17.1. The van der Waals surface area contributed by atoms with Gasteiger partial charge >= 0.3 is 0 Å². The summed E-state index contributed by atoms with van der Waals surface area (Å²) in [7, 11) is 1.53. The number of nitrogens with zero attached hydrogens (tertiary/aromatic N) is 2.